The summed E-state index contributed by atoms with van der Waals surface area (Å²) in [6.07, 6.45) is 0. The van der Waals surface area contributed by atoms with Crippen LogP contribution in [-0.4, -0.2) is 28.1 Å². The van der Waals surface area contributed by atoms with Gasteiger partial charge in [0.05, 0.1) is 0 Å². The first-order chi connectivity index (χ1) is 13.9. The van der Waals surface area contributed by atoms with Crippen LogP contribution in [0, 0.1) is 13.8 Å². The van der Waals surface area contributed by atoms with E-state index in [9.17, 15) is 19.8 Å². The number of rotatable bonds is 6. The number of carboxylic acids is 1. The number of hydrogen-bond acceptors (Lipinski definition) is 3. The number of benzene rings is 3. The number of phenols is 1. The van der Waals surface area contributed by atoms with Gasteiger partial charge in [0.15, 0.2) is 0 Å². The summed E-state index contributed by atoms with van der Waals surface area (Å²) in [4.78, 5) is 25.0. The van der Waals surface area contributed by atoms with Crippen molar-refractivity contribution in [3.63, 3.8) is 0 Å². The Balaban J connectivity index is 2.11. The molecule has 5 heteroatoms. The zero-order chi connectivity index (χ0) is 21.0. The molecule has 0 aromatic heterocycles. The van der Waals surface area contributed by atoms with Crippen LogP contribution in [0.3, 0.4) is 0 Å². The van der Waals surface area contributed by atoms with E-state index in [1.807, 2.05) is 26.0 Å². The molecule has 0 aliphatic heterocycles. The summed E-state index contributed by atoms with van der Waals surface area (Å²) in [5, 5.41) is 23.3. The van der Waals surface area contributed by atoms with Gasteiger partial charge in [0, 0.05) is 17.0 Å². The van der Waals surface area contributed by atoms with E-state index < -0.39 is 23.8 Å². The van der Waals surface area contributed by atoms with Gasteiger partial charge >= 0.3 is 5.97 Å². The number of aryl methyl sites for hydroxylation is 2. The number of aromatic hydroxyl groups is 1. The van der Waals surface area contributed by atoms with Gasteiger partial charge in [0.2, 0.25) is 0 Å². The van der Waals surface area contributed by atoms with E-state index in [-0.39, 0.29) is 5.75 Å². The van der Waals surface area contributed by atoms with Crippen LogP contribution < -0.4 is 5.32 Å². The number of carboxylic acid groups (broad SMARTS) is 1. The quantitative estimate of drug-likeness (QED) is 0.594. The first kappa shape index (κ1) is 20.1. The molecule has 2 atom stereocenters. The van der Waals surface area contributed by atoms with Crippen LogP contribution >= 0.6 is 0 Å². The summed E-state index contributed by atoms with van der Waals surface area (Å²) in [5.74, 6) is -2.41. The van der Waals surface area contributed by atoms with Gasteiger partial charge in [0.25, 0.3) is 5.91 Å². The molecule has 0 heterocycles. The molecule has 5 nitrogen and oxygen atoms in total. The van der Waals surface area contributed by atoms with E-state index in [1.165, 1.54) is 0 Å². The van der Waals surface area contributed by atoms with E-state index >= 15 is 0 Å². The Labute approximate surface area is 169 Å². The molecular formula is C24H23NO4. The van der Waals surface area contributed by atoms with Crippen LogP contribution in [0.4, 0.5) is 0 Å². The predicted octanol–water partition coefficient (Wildman–Crippen LogP) is 4.02. The van der Waals surface area contributed by atoms with Crippen molar-refractivity contribution in [2.75, 3.05) is 0 Å². The van der Waals surface area contributed by atoms with Gasteiger partial charge in [-0.3, -0.25) is 4.79 Å². The maximum Gasteiger partial charge on any atom is 0.327 e. The molecule has 0 bridgehead atoms. The molecule has 0 spiro atoms. The van der Waals surface area contributed by atoms with Gasteiger partial charge in [-0.05, 0) is 48.7 Å². The zero-order valence-electron chi connectivity index (χ0n) is 16.3. The van der Waals surface area contributed by atoms with Crippen LogP contribution in [0.1, 0.15) is 38.5 Å². The normalized spacial score (nSPS) is 12.8. The highest BCUT2D eigenvalue weighted by atomic mass is 16.4. The van der Waals surface area contributed by atoms with Crippen LogP contribution in [0.25, 0.3) is 0 Å². The minimum absolute atomic E-state index is 0.0107. The highest BCUT2D eigenvalue weighted by Crippen LogP contribution is 2.37. The summed E-state index contributed by atoms with van der Waals surface area (Å²) in [7, 11) is 0. The number of amides is 1. The second-order valence-electron chi connectivity index (χ2n) is 7.06. The summed E-state index contributed by atoms with van der Waals surface area (Å²) in [6.45, 7) is 3.69. The zero-order valence-corrected chi connectivity index (χ0v) is 16.3. The molecule has 3 aromatic rings. The molecule has 0 radical (unpaired) electrons. The van der Waals surface area contributed by atoms with Crippen molar-refractivity contribution < 1.29 is 19.8 Å². The van der Waals surface area contributed by atoms with Crippen LogP contribution in [0.2, 0.25) is 0 Å². The molecule has 3 N–H and O–H groups in total. The molecule has 148 valence electrons. The molecule has 0 aliphatic rings. The lowest BCUT2D eigenvalue weighted by molar-refractivity contribution is -0.139. The smallest absolute Gasteiger partial charge is 0.327 e. The molecule has 0 saturated heterocycles. The molecule has 0 fully saturated rings. The third kappa shape index (κ3) is 4.46. The standard InChI is InChI=1S/C24H23NO4/c1-15-13-16(2)20(19(26)14-15)21(17-9-5-3-6-10-17)22(24(28)29)25-23(27)18-11-7-4-8-12-18/h3-14,21-22,26H,1-2H3,(H,25,27)(H,28,29)/t21-,22-/m1/s1. The van der Waals surface area contributed by atoms with E-state index in [1.54, 1.807) is 60.7 Å². The van der Waals surface area contributed by atoms with Crippen molar-refractivity contribution in [1.29, 1.82) is 0 Å². The number of aliphatic carboxylic acids is 1. The number of hydrogen-bond donors (Lipinski definition) is 3. The largest absolute Gasteiger partial charge is 0.508 e. The summed E-state index contributed by atoms with van der Waals surface area (Å²) >= 11 is 0. The Hall–Kier alpha value is -3.60. The SMILES string of the molecule is Cc1cc(C)c([C@@H](c2ccccc2)[C@@H](NC(=O)c2ccccc2)C(=O)O)c(O)c1. The second kappa shape index (κ2) is 8.61. The first-order valence-corrected chi connectivity index (χ1v) is 9.32. The molecule has 3 rings (SSSR count). The molecule has 0 unspecified atom stereocenters. The second-order valence-corrected chi connectivity index (χ2v) is 7.06. The Morgan fingerprint density at radius 1 is 0.897 bits per heavy atom. The van der Waals surface area contributed by atoms with Gasteiger partial charge in [0.1, 0.15) is 11.8 Å². The number of nitrogens with one attached hydrogen (secondary N) is 1. The lowest BCUT2D eigenvalue weighted by Gasteiger charge is -2.28. The molecule has 0 aliphatic carbocycles. The molecule has 0 saturated carbocycles. The van der Waals surface area contributed by atoms with Crippen molar-refractivity contribution in [1.82, 2.24) is 5.32 Å². The van der Waals surface area contributed by atoms with Gasteiger partial charge in [-0.25, -0.2) is 4.79 Å². The highest BCUT2D eigenvalue weighted by Gasteiger charge is 2.35. The van der Waals surface area contributed by atoms with Gasteiger partial charge in [-0.1, -0.05) is 54.6 Å². The molecule has 1 amide bonds. The maximum absolute atomic E-state index is 12.7. The molecule has 3 aromatic carbocycles. The van der Waals surface area contributed by atoms with Gasteiger partial charge in [-0.15, -0.1) is 0 Å². The number of phenolic OH excluding ortho intramolecular Hbond substituents is 1. The Morgan fingerprint density at radius 2 is 1.48 bits per heavy atom. The van der Waals surface area contributed by atoms with E-state index in [0.29, 0.717) is 16.7 Å². The monoisotopic (exact) mass is 389 g/mol. The van der Waals surface area contributed by atoms with E-state index in [2.05, 4.69) is 5.32 Å². The van der Waals surface area contributed by atoms with E-state index in [0.717, 1.165) is 11.1 Å². The lowest BCUT2D eigenvalue weighted by Crippen LogP contribution is -2.45. The fourth-order valence-corrected chi connectivity index (χ4v) is 3.65. The van der Waals surface area contributed by atoms with Crippen molar-refractivity contribution in [3.05, 3.63) is 101 Å². The minimum Gasteiger partial charge on any atom is -0.508 e. The summed E-state index contributed by atoms with van der Waals surface area (Å²) in [6, 6.07) is 19.7. The van der Waals surface area contributed by atoms with Crippen molar-refractivity contribution in [2.24, 2.45) is 0 Å². The van der Waals surface area contributed by atoms with Gasteiger partial charge < -0.3 is 15.5 Å². The van der Waals surface area contributed by atoms with Crippen LogP contribution in [0.5, 0.6) is 5.75 Å². The van der Waals surface area contributed by atoms with Crippen molar-refractivity contribution >= 4 is 11.9 Å². The van der Waals surface area contributed by atoms with Gasteiger partial charge in [-0.2, -0.15) is 0 Å². The highest BCUT2D eigenvalue weighted by molar-refractivity contribution is 5.97. The average Bonchev–Trinajstić information content (AvgIpc) is 2.70. The number of carbonyl (C=O) groups excluding carboxylic acids is 1. The van der Waals surface area contributed by atoms with Crippen LogP contribution in [0.15, 0.2) is 72.8 Å². The summed E-state index contributed by atoms with van der Waals surface area (Å²) < 4.78 is 0. The average molecular weight is 389 g/mol. The Morgan fingerprint density at radius 3 is 2.03 bits per heavy atom. The third-order valence-corrected chi connectivity index (χ3v) is 4.90. The van der Waals surface area contributed by atoms with Crippen molar-refractivity contribution in [3.8, 4) is 5.75 Å². The third-order valence-electron chi connectivity index (χ3n) is 4.90. The number of carbonyl (C=O) groups is 2. The Kier molecular flexibility index (Phi) is 5.98. The summed E-state index contributed by atoms with van der Waals surface area (Å²) in [5.41, 5.74) is 3.18. The lowest BCUT2D eigenvalue weighted by atomic mass is 9.81. The Bertz CT molecular complexity index is 993. The van der Waals surface area contributed by atoms with E-state index in [4.69, 9.17) is 0 Å². The molecule has 29 heavy (non-hydrogen) atoms. The van der Waals surface area contributed by atoms with Crippen molar-refractivity contribution in [2.45, 2.75) is 25.8 Å². The topological polar surface area (TPSA) is 86.6 Å². The predicted molar refractivity (Wildman–Crippen MR) is 111 cm³/mol. The minimum atomic E-state index is -1.27. The maximum atomic E-state index is 12.7. The first-order valence-electron chi connectivity index (χ1n) is 9.32. The van der Waals surface area contributed by atoms with Crippen LogP contribution in [-0.2, 0) is 4.79 Å². The fraction of sp³-hybridized carbons (Fsp3) is 0.167. The fourth-order valence-electron chi connectivity index (χ4n) is 3.65. The molecular weight excluding hydrogens is 366 g/mol.